The van der Waals surface area contributed by atoms with Crippen LogP contribution in [0.3, 0.4) is 0 Å². The lowest BCUT2D eigenvalue weighted by Crippen LogP contribution is -2.15. The Balaban J connectivity index is 1.90. The van der Waals surface area contributed by atoms with Gasteiger partial charge in [0, 0.05) is 6.04 Å². The monoisotopic (exact) mass is 299 g/mol. The van der Waals surface area contributed by atoms with E-state index in [0.29, 0.717) is 18.3 Å². The van der Waals surface area contributed by atoms with Gasteiger partial charge in [0.25, 0.3) is 0 Å². The molecule has 0 atom stereocenters. The number of ether oxygens (including phenoxy) is 1. The van der Waals surface area contributed by atoms with Crippen LogP contribution in [0.5, 0.6) is 5.75 Å². The van der Waals surface area contributed by atoms with E-state index in [-0.39, 0.29) is 5.91 Å². The highest BCUT2D eigenvalue weighted by Gasteiger charge is 2.05. The van der Waals surface area contributed by atoms with Gasteiger partial charge in [-0.25, -0.2) is 4.98 Å². The van der Waals surface area contributed by atoms with E-state index >= 15 is 0 Å². The molecule has 5 heteroatoms. The number of nitrogens with zero attached hydrogens (tertiary/aromatic N) is 1. The van der Waals surface area contributed by atoms with Crippen LogP contribution in [0.1, 0.15) is 19.4 Å². The molecule has 116 valence electrons. The van der Waals surface area contributed by atoms with Crippen LogP contribution in [0, 0.1) is 0 Å². The molecule has 1 amide bonds. The molecule has 1 heterocycles. The number of benzene rings is 1. The average molecular weight is 299 g/mol. The van der Waals surface area contributed by atoms with Crippen molar-refractivity contribution in [3.05, 3.63) is 48.2 Å². The topological polar surface area (TPSA) is 63.2 Å². The minimum Gasteiger partial charge on any atom is -0.497 e. The van der Waals surface area contributed by atoms with E-state index in [1.54, 1.807) is 19.4 Å². The van der Waals surface area contributed by atoms with Crippen LogP contribution in [0.15, 0.2) is 42.6 Å². The SMILES string of the molecule is COc1ccc(CC(=O)Nc2ccc(NC(C)C)cn2)cc1. The summed E-state index contributed by atoms with van der Waals surface area (Å²) in [6.45, 7) is 4.12. The molecule has 0 aliphatic heterocycles. The van der Waals surface area contributed by atoms with Crippen molar-refractivity contribution in [3.8, 4) is 5.75 Å². The standard InChI is InChI=1S/C17H21N3O2/c1-12(2)19-14-6-9-16(18-11-14)20-17(21)10-13-4-7-15(22-3)8-5-13/h4-9,11-12,19H,10H2,1-3H3,(H,18,20,21). The van der Waals surface area contributed by atoms with Crippen molar-refractivity contribution in [2.24, 2.45) is 0 Å². The van der Waals surface area contributed by atoms with E-state index in [4.69, 9.17) is 4.74 Å². The number of aromatic nitrogens is 1. The van der Waals surface area contributed by atoms with Gasteiger partial charge in [0.15, 0.2) is 0 Å². The molecule has 0 aliphatic rings. The lowest BCUT2D eigenvalue weighted by Gasteiger charge is -2.10. The van der Waals surface area contributed by atoms with E-state index in [0.717, 1.165) is 17.0 Å². The van der Waals surface area contributed by atoms with Gasteiger partial charge in [0.05, 0.1) is 25.4 Å². The highest BCUT2D eigenvalue weighted by Crippen LogP contribution is 2.13. The van der Waals surface area contributed by atoms with Gasteiger partial charge in [-0.15, -0.1) is 0 Å². The van der Waals surface area contributed by atoms with Crippen molar-refractivity contribution < 1.29 is 9.53 Å². The second-order valence-corrected chi connectivity index (χ2v) is 5.30. The Bertz CT molecular complexity index is 607. The minimum atomic E-state index is -0.0952. The normalized spacial score (nSPS) is 10.4. The largest absolute Gasteiger partial charge is 0.497 e. The molecule has 0 bridgehead atoms. The summed E-state index contributed by atoms with van der Waals surface area (Å²) in [7, 11) is 1.62. The Kier molecular flexibility index (Phi) is 5.36. The van der Waals surface area contributed by atoms with Crippen LogP contribution in [0.4, 0.5) is 11.5 Å². The molecule has 5 nitrogen and oxygen atoms in total. The van der Waals surface area contributed by atoms with Gasteiger partial charge < -0.3 is 15.4 Å². The number of methoxy groups -OCH3 is 1. The lowest BCUT2D eigenvalue weighted by molar-refractivity contribution is -0.115. The first kappa shape index (κ1) is 15.8. The van der Waals surface area contributed by atoms with Crippen molar-refractivity contribution in [1.82, 2.24) is 4.98 Å². The summed E-state index contributed by atoms with van der Waals surface area (Å²) in [6.07, 6.45) is 2.01. The van der Waals surface area contributed by atoms with Crippen LogP contribution in [-0.4, -0.2) is 24.0 Å². The zero-order valence-electron chi connectivity index (χ0n) is 13.1. The molecule has 2 aromatic rings. The zero-order valence-corrected chi connectivity index (χ0v) is 13.1. The van der Waals surface area contributed by atoms with Crippen molar-refractivity contribution >= 4 is 17.4 Å². The fraction of sp³-hybridized carbons (Fsp3) is 0.294. The number of amides is 1. The van der Waals surface area contributed by atoms with Crippen LogP contribution >= 0.6 is 0 Å². The predicted octanol–water partition coefficient (Wildman–Crippen LogP) is 3.09. The Labute approximate surface area is 130 Å². The van der Waals surface area contributed by atoms with Crippen LogP contribution in [0.2, 0.25) is 0 Å². The van der Waals surface area contributed by atoms with Crippen LogP contribution < -0.4 is 15.4 Å². The summed E-state index contributed by atoms with van der Waals surface area (Å²) in [5, 5.41) is 6.04. The quantitative estimate of drug-likeness (QED) is 0.860. The fourth-order valence-electron chi connectivity index (χ4n) is 2.00. The van der Waals surface area contributed by atoms with Crippen LogP contribution in [0.25, 0.3) is 0 Å². The number of pyridine rings is 1. The first-order chi connectivity index (χ1) is 10.6. The highest BCUT2D eigenvalue weighted by molar-refractivity contribution is 5.91. The maximum atomic E-state index is 12.0. The van der Waals surface area contributed by atoms with Crippen LogP contribution in [-0.2, 0) is 11.2 Å². The second kappa shape index (κ2) is 7.45. The predicted molar refractivity (Wildman–Crippen MR) is 88.3 cm³/mol. The van der Waals surface area contributed by atoms with E-state index in [9.17, 15) is 4.79 Å². The molecular formula is C17H21N3O2. The summed E-state index contributed by atoms with van der Waals surface area (Å²) in [5.74, 6) is 1.23. The molecule has 1 aromatic heterocycles. The van der Waals surface area contributed by atoms with Gasteiger partial charge >= 0.3 is 0 Å². The van der Waals surface area contributed by atoms with Crippen molar-refractivity contribution in [1.29, 1.82) is 0 Å². The Hall–Kier alpha value is -2.56. The van der Waals surface area contributed by atoms with E-state index in [1.165, 1.54) is 0 Å². The Morgan fingerprint density at radius 1 is 1.18 bits per heavy atom. The summed E-state index contributed by atoms with van der Waals surface area (Å²) in [6, 6.07) is 11.5. The zero-order chi connectivity index (χ0) is 15.9. The third kappa shape index (κ3) is 4.77. The van der Waals surface area contributed by atoms with Crippen molar-refractivity contribution in [2.45, 2.75) is 26.3 Å². The molecular weight excluding hydrogens is 278 g/mol. The van der Waals surface area contributed by atoms with E-state index < -0.39 is 0 Å². The third-order valence-electron chi connectivity index (χ3n) is 3.01. The number of hydrogen-bond acceptors (Lipinski definition) is 4. The molecule has 22 heavy (non-hydrogen) atoms. The molecule has 1 aromatic carbocycles. The average Bonchev–Trinajstić information content (AvgIpc) is 2.49. The summed E-state index contributed by atoms with van der Waals surface area (Å²) in [5.41, 5.74) is 1.86. The number of anilines is 2. The summed E-state index contributed by atoms with van der Waals surface area (Å²) < 4.78 is 5.09. The van der Waals surface area contributed by atoms with Gasteiger partial charge in [-0.2, -0.15) is 0 Å². The van der Waals surface area contributed by atoms with Gasteiger partial charge in [-0.1, -0.05) is 12.1 Å². The number of carbonyl (C=O) groups is 1. The molecule has 0 saturated carbocycles. The molecule has 2 N–H and O–H groups in total. The summed E-state index contributed by atoms with van der Waals surface area (Å²) >= 11 is 0. The third-order valence-corrected chi connectivity index (χ3v) is 3.01. The molecule has 0 fully saturated rings. The molecule has 2 rings (SSSR count). The maximum Gasteiger partial charge on any atom is 0.229 e. The molecule has 0 spiro atoms. The molecule has 0 saturated heterocycles. The summed E-state index contributed by atoms with van der Waals surface area (Å²) in [4.78, 5) is 16.2. The number of nitrogens with one attached hydrogen (secondary N) is 2. The van der Waals surface area contributed by atoms with Crippen molar-refractivity contribution in [2.75, 3.05) is 17.7 Å². The van der Waals surface area contributed by atoms with Gasteiger partial charge in [0.2, 0.25) is 5.91 Å². The fourth-order valence-corrected chi connectivity index (χ4v) is 2.00. The lowest BCUT2D eigenvalue weighted by atomic mass is 10.1. The van der Waals surface area contributed by atoms with Crippen molar-refractivity contribution in [3.63, 3.8) is 0 Å². The molecule has 0 unspecified atom stereocenters. The maximum absolute atomic E-state index is 12.0. The first-order valence-corrected chi connectivity index (χ1v) is 7.22. The van der Waals surface area contributed by atoms with Gasteiger partial charge in [-0.05, 0) is 43.7 Å². The van der Waals surface area contributed by atoms with E-state index in [2.05, 4.69) is 29.5 Å². The van der Waals surface area contributed by atoms with Gasteiger partial charge in [0.1, 0.15) is 11.6 Å². The Morgan fingerprint density at radius 3 is 2.45 bits per heavy atom. The Morgan fingerprint density at radius 2 is 1.91 bits per heavy atom. The highest BCUT2D eigenvalue weighted by atomic mass is 16.5. The van der Waals surface area contributed by atoms with Gasteiger partial charge in [-0.3, -0.25) is 4.79 Å². The smallest absolute Gasteiger partial charge is 0.229 e. The molecule has 0 radical (unpaired) electrons. The number of carbonyl (C=O) groups excluding carboxylic acids is 1. The number of hydrogen-bond donors (Lipinski definition) is 2. The van der Waals surface area contributed by atoms with E-state index in [1.807, 2.05) is 30.3 Å². The minimum absolute atomic E-state index is 0.0952. The second-order valence-electron chi connectivity index (χ2n) is 5.30. The number of rotatable bonds is 6. The first-order valence-electron chi connectivity index (χ1n) is 7.22. The molecule has 0 aliphatic carbocycles.